The number of rotatable bonds is 9. The Morgan fingerprint density at radius 1 is 1.11 bits per heavy atom. The summed E-state index contributed by atoms with van der Waals surface area (Å²) in [5, 5.41) is 3.36. The summed E-state index contributed by atoms with van der Waals surface area (Å²) < 4.78 is 0. The molecule has 1 aromatic carbocycles. The van der Waals surface area contributed by atoms with Crippen molar-refractivity contribution in [1.82, 2.24) is 10.2 Å². The molecule has 108 valence electrons. The molecule has 1 rings (SSSR count). The first-order valence-corrected chi connectivity index (χ1v) is 7.65. The van der Waals surface area contributed by atoms with Gasteiger partial charge < -0.3 is 10.2 Å². The number of hydrogen-bond acceptors (Lipinski definition) is 2. The van der Waals surface area contributed by atoms with Gasteiger partial charge in [-0.3, -0.25) is 0 Å². The Labute approximate surface area is 119 Å². The Bertz CT molecular complexity index is 332. The van der Waals surface area contributed by atoms with E-state index < -0.39 is 0 Å². The highest BCUT2D eigenvalue weighted by molar-refractivity contribution is 5.25. The number of nitrogens with zero attached hydrogens (tertiary/aromatic N) is 1. The quantitative estimate of drug-likeness (QED) is 0.687. The number of hydrogen-bond donors (Lipinski definition) is 1. The smallest absolute Gasteiger partial charge is 0.0104 e. The maximum Gasteiger partial charge on any atom is 0.0104 e. The lowest BCUT2D eigenvalue weighted by molar-refractivity contribution is 0.337. The molecular weight excluding hydrogens is 232 g/mol. The Balaban J connectivity index is 2.33. The van der Waals surface area contributed by atoms with Gasteiger partial charge in [0.25, 0.3) is 0 Å². The maximum absolute atomic E-state index is 3.36. The van der Waals surface area contributed by atoms with Gasteiger partial charge in [-0.05, 0) is 43.5 Å². The zero-order valence-corrected chi connectivity index (χ0v) is 13.1. The SMILES string of the molecule is CCNCCN(C)CCc1ccc(C(C)CC)cc1. The fourth-order valence-electron chi connectivity index (χ4n) is 2.13. The monoisotopic (exact) mass is 262 g/mol. The van der Waals surface area contributed by atoms with E-state index in [1.807, 2.05) is 0 Å². The van der Waals surface area contributed by atoms with E-state index in [0.717, 1.165) is 32.6 Å². The molecule has 0 saturated carbocycles. The molecule has 2 nitrogen and oxygen atoms in total. The van der Waals surface area contributed by atoms with Gasteiger partial charge in [0.15, 0.2) is 0 Å². The van der Waals surface area contributed by atoms with Gasteiger partial charge in [0.2, 0.25) is 0 Å². The summed E-state index contributed by atoms with van der Waals surface area (Å²) >= 11 is 0. The van der Waals surface area contributed by atoms with E-state index in [1.165, 1.54) is 17.5 Å². The van der Waals surface area contributed by atoms with Crippen molar-refractivity contribution in [3.05, 3.63) is 35.4 Å². The fraction of sp³-hybridized carbons (Fsp3) is 0.647. The first-order chi connectivity index (χ1) is 9.17. The minimum absolute atomic E-state index is 0.678. The first-order valence-electron chi connectivity index (χ1n) is 7.65. The number of likely N-dealkylation sites (N-methyl/N-ethyl adjacent to an activating group) is 2. The van der Waals surface area contributed by atoms with E-state index in [2.05, 4.69) is 62.3 Å². The third-order valence-corrected chi connectivity index (χ3v) is 3.86. The second-order valence-electron chi connectivity index (χ2n) is 5.46. The lowest BCUT2D eigenvalue weighted by atomic mass is 9.97. The van der Waals surface area contributed by atoms with Crippen LogP contribution < -0.4 is 5.32 Å². The van der Waals surface area contributed by atoms with Crippen molar-refractivity contribution < 1.29 is 0 Å². The van der Waals surface area contributed by atoms with Crippen molar-refractivity contribution in [2.75, 3.05) is 33.2 Å². The molecule has 0 aromatic heterocycles. The second-order valence-corrected chi connectivity index (χ2v) is 5.46. The minimum Gasteiger partial charge on any atom is -0.316 e. The standard InChI is InChI=1S/C17H30N2/c1-5-15(3)17-9-7-16(8-10-17)11-13-19(4)14-12-18-6-2/h7-10,15,18H,5-6,11-14H2,1-4H3. The van der Waals surface area contributed by atoms with Crippen molar-refractivity contribution in [2.24, 2.45) is 0 Å². The van der Waals surface area contributed by atoms with Gasteiger partial charge >= 0.3 is 0 Å². The Hall–Kier alpha value is -0.860. The molecule has 0 aliphatic heterocycles. The van der Waals surface area contributed by atoms with Crippen LogP contribution in [0.3, 0.4) is 0 Å². The Morgan fingerprint density at radius 2 is 1.79 bits per heavy atom. The highest BCUT2D eigenvalue weighted by Crippen LogP contribution is 2.18. The lowest BCUT2D eigenvalue weighted by Crippen LogP contribution is -2.30. The van der Waals surface area contributed by atoms with Crippen LogP contribution in [0.2, 0.25) is 0 Å². The zero-order valence-electron chi connectivity index (χ0n) is 13.1. The number of nitrogens with one attached hydrogen (secondary N) is 1. The van der Waals surface area contributed by atoms with Crippen LogP contribution in [0.5, 0.6) is 0 Å². The molecule has 19 heavy (non-hydrogen) atoms. The van der Waals surface area contributed by atoms with Crippen molar-refractivity contribution in [1.29, 1.82) is 0 Å². The molecule has 0 fully saturated rings. The van der Waals surface area contributed by atoms with Crippen LogP contribution in [0.1, 0.15) is 44.2 Å². The van der Waals surface area contributed by atoms with Crippen LogP contribution in [-0.2, 0) is 6.42 Å². The van der Waals surface area contributed by atoms with Crippen molar-refractivity contribution >= 4 is 0 Å². The molecule has 0 bridgehead atoms. The topological polar surface area (TPSA) is 15.3 Å². The molecular formula is C17H30N2. The summed E-state index contributed by atoms with van der Waals surface area (Å²) in [6, 6.07) is 9.17. The third-order valence-electron chi connectivity index (χ3n) is 3.86. The lowest BCUT2D eigenvalue weighted by Gasteiger charge is -2.17. The molecule has 1 unspecified atom stereocenters. The van der Waals surface area contributed by atoms with E-state index >= 15 is 0 Å². The number of benzene rings is 1. The molecule has 0 heterocycles. The largest absolute Gasteiger partial charge is 0.316 e. The highest BCUT2D eigenvalue weighted by Gasteiger charge is 2.03. The molecule has 1 aromatic rings. The van der Waals surface area contributed by atoms with Crippen molar-refractivity contribution in [3.8, 4) is 0 Å². The molecule has 0 radical (unpaired) electrons. The molecule has 2 heteroatoms. The zero-order chi connectivity index (χ0) is 14.1. The van der Waals surface area contributed by atoms with Crippen LogP contribution in [0, 0.1) is 0 Å². The van der Waals surface area contributed by atoms with Gasteiger partial charge in [-0.15, -0.1) is 0 Å². The maximum atomic E-state index is 3.36. The average molecular weight is 262 g/mol. The van der Waals surface area contributed by atoms with Gasteiger partial charge in [0.1, 0.15) is 0 Å². The summed E-state index contributed by atoms with van der Waals surface area (Å²) in [6.07, 6.45) is 2.36. The van der Waals surface area contributed by atoms with Gasteiger partial charge in [-0.25, -0.2) is 0 Å². The highest BCUT2D eigenvalue weighted by atomic mass is 15.1. The summed E-state index contributed by atoms with van der Waals surface area (Å²) in [6.45, 7) is 11.1. The Kier molecular flexibility index (Phi) is 7.76. The van der Waals surface area contributed by atoms with E-state index in [0.29, 0.717) is 5.92 Å². The van der Waals surface area contributed by atoms with Crippen molar-refractivity contribution in [2.45, 2.75) is 39.5 Å². The summed E-state index contributed by atoms with van der Waals surface area (Å²) in [5.41, 5.74) is 2.91. The summed E-state index contributed by atoms with van der Waals surface area (Å²) in [7, 11) is 2.20. The molecule has 0 saturated heterocycles. The summed E-state index contributed by atoms with van der Waals surface area (Å²) in [4.78, 5) is 2.39. The molecule has 1 N–H and O–H groups in total. The van der Waals surface area contributed by atoms with Gasteiger partial charge in [-0.1, -0.05) is 45.0 Å². The molecule has 0 aliphatic rings. The molecule has 0 spiro atoms. The van der Waals surface area contributed by atoms with E-state index in [1.54, 1.807) is 0 Å². The molecule has 0 amide bonds. The van der Waals surface area contributed by atoms with Gasteiger partial charge in [-0.2, -0.15) is 0 Å². The minimum atomic E-state index is 0.678. The van der Waals surface area contributed by atoms with Crippen LogP contribution in [0.4, 0.5) is 0 Å². The third kappa shape index (κ3) is 6.22. The Morgan fingerprint density at radius 3 is 2.37 bits per heavy atom. The second kappa shape index (κ2) is 9.11. The van der Waals surface area contributed by atoms with Crippen LogP contribution in [0.15, 0.2) is 24.3 Å². The van der Waals surface area contributed by atoms with E-state index in [4.69, 9.17) is 0 Å². The fourth-order valence-corrected chi connectivity index (χ4v) is 2.13. The predicted octanol–water partition coefficient (Wildman–Crippen LogP) is 3.28. The molecule has 1 atom stereocenters. The van der Waals surface area contributed by atoms with Crippen LogP contribution >= 0.6 is 0 Å². The average Bonchev–Trinajstić information content (AvgIpc) is 2.45. The van der Waals surface area contributed by atoms with Crippen LogP contribution in [-0.4, -0.2) is 38.1 Å². The van der Waals surface area contributed by atoms with Crippen molar-refractivity contribution in [3.63, 3.8) is 0 Å². The normalized spacial score (nSPS) is 12.9. The van der Waals surface area contributed by atoms with E-state index in [9.17, 15) is 0 Å². The first kappa shape index (κ1) is 16.2. The van der Waals surface area contributed by atoms with Crippen LogP contribution in [0.25, 0.3) is 0 Å². The van der Waals surface area contributed by atoms with Gasteiger partial charge in [0, 0.05) is 19.6 Å². The van der Waals surface area contributed by atoms with E-state index in [-0.39, 0.29) is 0 Å². The van der Waals surface area contributed by atoms with Gasteiger partial charge in [0.05, 0.1) is 0 Å². The molecule has 0 aliphatic carbocycles. The predicted molar refractivity (Wildman–Crippen MR) is 84.9 cm³/mol. The summed E-state index contributed by atoms with van der Waals surface area (Å²) in [5.74, 6) is 0.678.